The zero-order valence-electron chi connectivity index (χ0n) is 12.9. The highest BCUT2D eigenvalue weighted by atomic mass is 16.4. The number of aliphatic carboxylic acids is 1. The highest BCUT2D eigenvalue weighted by Gasteiger charge is 2.09. The van der Waals surface area contributed by atoms with Gasteiger partial charge < -0.3 is 9.67 Å². The van der Waals surface area contributed by atoms with Crippen molar-refractivity contribution in [2.75, 3.05) is 0 Å². The Kier molecular flexibility index (Phi) is 4.24. The number of aromatic nitrogens is 2. The minimum absolute atomic E-state index is 0.0751. The molecule has 3 rings (SSSR count). The third-order valence-corrected chi connectivity index (χ3v) is 3.74. The molecular formula is C19H18N2O2. The van der Waals surface area contributed by atoms with Gasteiger partial charge in [0.05, 0.1) is 17.5 Å². The van der Waals surface area contributed by atoms with Crippen molar-refractivity contribution in [3.05, 3.63) is 65.5 Å². The molecule has 0 spiro atoms. The summed E-state index contributed by atoms with van der Waals surface area (Å²) in [6.45, 7) is 2.46. The third-order valence-electron chi connectivity index (χ3n) is 3.74. The zero-order chi connectivity index (χ0) is 16.2. The molecule has 0 fully saturated rings. The van der Waals surface area contributed by atoms with Gasteiger partial charge in [0, 0.05) is 6.54 Å². The van der Waals surface area contributed by atoms with Crippen molar-refractivity contribution in [3.63, 3.8) is 0 Å². The first-order valence-electron chi connectivity index (χ1n) is 7.55. The van der Waals surface area contributed by atoms with Crippen molar-refractivity contribution in [2.24, 2.45) is 0 Å². The molecule has 4 heteroatoms. The quantitative estimate of drug-likeness (QED) is 0.775. The van der Waals surface area contributed by atoms with Crippen LogP contribution >= 0.6 is 0 Å². The molecule has 2 aromatic carbocycles. The van der Waals surface area contributed by atoms with E-state index in [4.69, 9.17) is 5.11 Å². The topological polar surface area (TPSA) is 55.1 Å². The summed E-state index contributed by atoms with van der Waals surface area (Å²) < 4.78 is 1.95. The Hall–Kier alpha value is -2.88. The molecule has 3 aromatic rings. The summed E-state index contributed by atoms with van der Waals surface area (Å²) in [6.07, 6.45) is 4.01. The van der Waals surface area contributed by atoms with Crippen LogP contribution in [0.2, 0.25) is 0 Å². The number of para-hydroxylation sites is 2. The standard InChI is InChI=1S/C19H18N2O2/c1-14-6-8-15(9-7-14)10-11-18-20-16-4-2-3-5-17(16)21(18)13-12-19(22)23/h2-11H,12-13H2,1H3,(H,22,23)/b11-10+. The van der Waals surface area contributed by atoms with E-state index in [-0.39, 0.29) is 6.42 Å². The molecule has 4 nitrogen and oxygen atoms in total. The molecule has 1 aromatic heterocycles. The molecule has 0 aliphatic carbocycles. The number of fused-ring (bicyclic) bond motifs is 1. The van der Waals surface area contributed by atoms with E-state index in [1.165, 1.54) is 5.56 Å². The van der Waals surface area contributed by atoms with E-state index < -0.39 is 5.97 Å². The van der Waals surface area contributed by atoms with Crippen LogP contribution in [0.4, 0.5) is 0 Å². The monoisotopic (exact) mass is 306 g/mol. The van der Waals surface area contributed by atoms with Crippen LogP contribution in [-0.4, -0.2) is 20.6 Å². The van der Waals surface area contributed by atoms with Gasteiger partial charge in [-0.15, -0.1) is 0 Å². The maximum atomic E-state index is 10.9. The highest BCUT2D eigenvalue weighted by molar-refractivity contribution is 5.80. The predicted octanol–water partition coefficient (Wildman–Crippen LogP) is 3.99. The van der Waals surface area contributed by atoms with Crippen LogP contribution in [0.1, 0.15) is 23.4 Å². The van der Waals surface area contributed by atoms with Crippen LogP contribution in [0.15, 0.2) is 48.5 Å². The highest BCUT2D eigenvalue weighted by Crippen LogP contribution is 2.18. The average molecular weight is 306 g/mol. The minimum atomic E-state index is -0.809. The number of hydrogen-bond donors (Lipinski definition) is 1. The average Bonchev–Trinajstić information content (AvgIpc) is 2.90. The molecule has 0 radical (unpaired) electrons. The van der Waals surface area contributed by atoms with Crippen LogP contribution in [-0.2, 0) is 11.3 Å². The van der Waals surface area contributed by atoms with Crippen LogP contribution in [0, 0.1) is 6.92 Å². The van der Waals surface area contributed by atoms with Gasteiger partial charge in [-0.05, 0) is 30.7 Å². The molecule has 0 atom stereocenters. The van der Waals surface area contributed by atoms with Crippen LogP contribution in [0.25, 0.3) is 23.2 Å². The van der Waals surface area contributed by atoms with E-state index >= 15 is 0 Å². The molecule has 0 saturated carbocycles. The van der Waals surface area contributed by atoms with Crippen LogP contribution in [0.5, 0.6) is 0 Å². The van der Waals surface area contributed by atoms with E-state index in [2.05, 4.69) is 36.2 Å². The van der Waals surface area contributed by atoms with E-state index in [1.54, 1.807) is 0 Å². The Balaban J connectivity index is 1.96. The smallest absolute Gasteiger partial charge is 0.305 e. The number of aryl methyl sites for hydroxylation is 2. The molecule has 0 aliphatic rings. The number of hydrogen-bond acceptors (Lipinski definition) is 2. The Morgan fingerprint density at radius 2 is 1.87 bits per heavy atom. The third kappa shape index (κ3) is 3.48. The van der Waals surface area contributed by atoms with Crippen molar-refractivity contribution >= 4 is 29.2 Å². The lowest BCUT2D eigenvalue weighted by Gasteiger charge is -2.05. The van der Waals surface area contributed by atoms with E-state index in [0.29, 0.717) is 6.54 Å². The van der Waals surface area contributed by atoms with Gasteiger partial charge in [-0.2, -0.15) is 0 Å². The molecule has 0 saturated heterocycles. The fourth-order valence-corrected chi connectivity index (χ4v) is 2.51. The number of nitrogens with zero attached hydrogens (tertiary/aromatic N) is 2. The van der Waals surface area contributed by atoms with Gasteiger partial charge in [0.2, 0.25) is 0 Å². The number of imidazole rings is 1. The van der Waals surface area contributed by atoms with Crippen LogP contribution < -0.4 is 0 Å². The van der Waals surface area contributed by atoms with E-state index in [1.807, 2.05) is 41.0 Å². The van der Waals surface area contributed by atoms with Gasteiger partial charge in [-0.3, -0.25) is 4.79 Å². The fourth-order valence-electron chi connectivity index (χ4n) is 2.51. The first-order chi connectivity index (χ1) is 11.1. The van der Waals surface area contributed by atoms with E-state index in [9.17, 15) is 4.79 Å². The Bertz CT molecular complexity index is 861. The van der Waals surface area contributed by atoms with Crippen molar-refractivity contribution in [3.8, 4) is 0 Å². The number of benzene rings is 2. The molecule has 0 bridgehead atoms. The van der Waals surface area contributed by atoms with Gasteiger partial charge >= 0.3 is 5.97 Å². The largest absolute Gasteiger partial charge is 0.481 e. The first-order valence-corrected chi connectivity index (χ1v) is 7.55. The van der Waals surface area contributed by atoms with Gasteiger partial charge in [0.25, 0.3) is 0 Å². The van der Waals surface area contributed by atoms with Gasteiger partial charge in [0.1, 0.15) is 5.82 Å². The predicted molar refractivity (Wildman–Crippen MR) is 92.1 cm³/mol. The van der Waals surface area contributed by atoms with E-state index in [0.717, 1.165) is 22.4 Å². The normalized spacial score (nSPS) is 11.3. The molecule has 1 N–H and O–H groups in total. The summed E-state index contributed by atoms with van der Waals surface area (Å²) in [5.74, 6) is -0.0377. The Morgan fingerprint density at radius 1 is 1.13 bits per heavy atom. The van der Waals surface area contributed by atoms with Crippen molar-refractivity contribution < 1.29 is 9.90 Å². The second kappa shape index (κ2) is 6.48. The lowest BCUT2D eigenvalue weighted by atomic mass is 10.1. The Labute approximate surface area is 134 Å². The lowest BCUT2D eigenvalue weighted by molar-refractivity contribution is -0.137. The van der Waals surface area contributed by atoms with Crippen LogP contribution in [0.3, 0.4) is 0 Å². The molecule has 23 heavy (non-hydrogen) atoms. The maximum absolute atomic E-state index is 10.9. The summed E-state index contributed by atoms with van der Waals surface area (Å²) in [4.78, 5) is 15.5. The van der Waals surface area contributed by atoms with Crippen molar-refractivity contribution in [1.29, 1.82) is 0 Å². The van der Waals surface area contributed by atoms with Gasteiger partial charge in [-0.25, -0.2) is 4.98 Å². The molecule has 116 valence electrons. The molecule has 0 aliphatic heterocycles. The molecule has 0 amide bonds. The summed E-state index contributed by atoms with van der Waals surface area (Å²) in [7, 11) is 0. The fraction of sp³-hybridized carbons (Fsp3) is 0.158. The second-order valence-corrected chi connectivity index (χ2v) is 5.50. The number of rotatable bonds is 5. The minimum Gasteiger partial charge on any atom is -0.481 e. The second-order valence-electron chi connectivity index (χ2n) is 5.50. The molecular weight excluding hydrogens is 288 g/mol. The molecule has 1 heterocycles. The van der Waals surface area contributed by atoms with Crippen molar-refractivity contribution in [2.45, 2.75) is 19.9 Å². The Morgan fingerprint density at radius 3 is 2.61 bits per heavy atom. The zero-order valence-corrected chi connectivity index (χ0v) is 12.9. The summed E-state index contributed by atoms with van der Waals surface area (Å²) in [6, 6.07) is 16.0. The summed E-state index contributed by atoms with van der Waals surface area (Å²) in [5, 5.41) is 8.96. The van der Waals surface area contributed by atoms with Gasteiger partial charge in [0.15, 0.2) is 0 Å². The number of carboxylic acids is 1. The molecule has 0 unspecified atom stereocenters. The lowest BCUT2D eigenvalue weighted by Crippen LogP contribution is -2.06. The SMILES string of the molecule is Cc1ccc(/C=C/c2nc3ccccc3n2CCC(=O)O)cc1. The maximum Gasteiger partial charge on any atom is 0.305 e. The first kappa shape index (κ1) is 15.0. The summed E-state index contributed by atoms with van der Waals surface area (Å²) >= 11 is 0. The van der Waals surface area contributed by atoms with Gasteiger partial charge in [-0.1, -0.05) is 48.0 Å². The van der Waals surface area contributed by atoms with Crippen molar-refractivity contribution in [1.82, 2.24) is 9.55 Å². The summed E-state index contributed by atoms with van der Waals surface area (Å²) in [5.41, 5.74) is 4.14. The number of carboxylic acid groups (broad SMARTS) is 1. The number of carbonyl (C=O) groups is 1.